The highest BCUT2D eigenvalue weighted by Crippen LogP contribution is 2.27. The average molecular weight is 273 g/mol. The van der Waals surface area contributed by atoms with Gasteiger partial charge in [0.15, 0.2) is 0 Å². The van der Waals surface area contributed by atoms with Gasteiger partial charge in [-0.25, -0.2) is 9.97 Å². The first-order valence-electron chi connectivity index (χ1n) is 5.21. The van der Waals surface area contributed by atoms with Gasteiger partial charge in [-0.3, -0.25) is 0 Å². The number of hydrogen-bond acceptors (Lipinski definition) is 4. The molecular formula is C10H17BrN4. The van der Waals surface area contributed by atoms with Crippen LogP contribution in [0, 0.1) is 0 Å². The average Bonchev–Trinajstić information content (AvgIpc) is 2.25. The minimum absolute atomic E-state index is 0.495. The molecule has 1 aromatic heterocycles. The van der Waals surface area contributed by atoms with Crippen molar-refractivity contribution >= 4 is 27.6 Å². The minimum Gasteiger partial charge on any atom is -0.383 e. The first kappa shape index (κ1) is 12.2. The van der Waals surface area contributed by atoms with E-state index in [2.05, 4.69) is 44.6 Å². The molecule has 0 fully saturated rings. The normalized spacial score (nSPS) is 10.3. The third-order valence-corrected chi connectivity index (χ3v) is 3.02. The molecule has 4 nitrogen and oxygen atoms in total. The van der Waals surface area contributed by atoms with Gasteiger partial charge in [0, 0.05) is 13.1 Å². The largest absolute Gasteiger partial charge is 0.383 e. The van der Waals surface area contributed by atoms with Gasteiger partial charge in [0.25, 0.3) is 0 Å². The Bertz CT molecular complexity index is 316. The molecule has 0 radical (unpaired) electrons. The Morgan fingerprint density at radius 3 is 2.73 bits per heavy atom. The number of aromatic nitrogens is 2. The Labute approximate surface area is 99.0 Å². The lowest BCUT2D eigenvalue weighted by Crippen LogP contribution is -2.25. The molecule has 84 valence electrons. The van der Waals surface area contributed by atoms with Crippen LogP contribution in [0.4, 0.5) is 11.6 Å². The summed E-state index contributed by atoms with van der Waals surface area (Å²) in [6.07, 6.45) is 3.84. The molecule has 0 saturated carbocycles. The number of nitrogen functional groups attached to an aromatic ring is 1. The molecule has 1 rings (SSSR count). The molecule has 2 N–H and O–H groups in total. The lowest BCUT2D eigenvalue weighted by atomic mass is 10.3. The van der Waals surface area contributed by atoms with Crippen LogP contribution in [-0.4, -0.2) is 23.1 Å². The van der Waals surface area contributed by atoms with E-state index in [1.54, 1.807) is 0 Å². The summed E-state index contributed by atoms with van der Waals surface area (Å²) in [5.74, 6) is 1.38. The summed E-state index contributed by atoms with van der Waals surface area (Å²) in [6, 6.07) is 0. The monoisotopic (exact) mass is 272 g/mol. The van der Waals surface area contributed by atoms with E-state index in [0.29, 0.717) is 5.82 Å². The van der Waals surface area contributed by atoms with Gasteiger partial charge in [-0.1, -0.05) is 13.3 Å². The molecule has 15 heavy (non-hydrogen) atoms. The number of rotatable bonds is 5. The number of nitrogens with two attached hydrogens (primary N) is 1. The van der Waals surface area contributed by atoms with Gasteiger partial charge in [0.1, 0.15) is 22.4 Å². The summed E-state index contributed by atoms with van der Waals surface area (Å²) in [6.45, 7) is 6.22. The Kier molecular flexibility index (Phi) is 4.81. The van der Waals surface area contributed by atoms with E-state index in [-0.39, 0.29) is 0 Å². The third kappa shape index (κ3) is 3.06. The zero-order valence-corrected chi connectivity index (χ0v) is 10.8. The molecular weight excluding hydrogens is 256 g/mol. The maximum Gasteiger partial charge on any atom is 0.148 e. The summed E-state index contributed by atoms with van der Waals surface area (Å²) in [5, 5.41) is 0. The van der Waals surface area contributed by atoms with Gasteiger partial charge in [-0.05, 0) is 29.3 Å². The van der Waals surface area contributed by atoms with Crippen molar-refractivity contribution in [3.63, 3.8) is 0 Å². The summed E-state index contributed by atoms with van der Waals surface area (Å²) in [4.78, 5) is 10.4. The predicted molar refractivity (Wildman–Crippen MR) is 66.9 cm³/mol. The molecule has 1 aromatic rings. The van der Waals surface area contributed by atoms with Gasteiger partial charge < -0.3 is 10.6 Å². The first-order chi connectivity index (χ1) is 7.20. The Morgan fingerprint density at radius 2 is 2.13 bits per heavy atom. The minimum atomic E-state index is 0.495. The quantitative estimate of drug-likeness (QED) is 0.895. The molecule has 0 unspecified atom stereocenters. The van der Waals surface area contributed by atoms with Crippen LogP contribution in [0.15, 0.2) is 10.8 Å². The van der Waals surface area contributed by atoms with Crippen molar-refractivity contribution in [2.75, 3.05) is 23.7 Å². The SMILES string of the molecule is CCCCN(CC)c1ncnc(N)c1Br. The molecule has 0 bridgehead atoms. The maximum atomic E-state index is 5.72. The van der Waals surface area contributed by atoms with E-state index in [0.717, 1.165) is 29.8 Å². The van der Waals surface area contributed by atoms with Gasteiger partial charge in [-0.15, -0.1) is 0 Å². The second kappa shape index (κ2) is 5.90. The molecule has 1 heterocycles. The van der Waals surface area contributed by atoms with E-state index in [9.17, 15) is 0 Å². The van der Waals surface area contributed by atoms with Gasteiger partial charge >= 0.3 is 0 Å². The number of hydrogen-bond donors (Lipinski definition) is 1. The second-order valence-corrected chi connectivity index (χ2v) is 4.12. The van der Waals surface area contributed by atoms with Crippen LogP contribution in [-0.2, 0) is 0 Å². The van der Waals surface area contributed by atoms with Crippen LogP contribution in [0.5, 0.6) is 0 Å². The van der Waals surface area contributed by atoms with E-state index < -0.39 is 0 Å². The van der Waals surface area contributed by atoms with E-state index in [1.165, 1.54) is 12.7 Å². The van der Waals surface area contributed by atoms with Crippen molar-refractivity contribution in [1.29, 1.82) is 0 Å². The van der Waals surface area contributed by atoms with Gasteiger partial charge in [0.2, 0.25) is 0 Å². The highest BCUT2D eigenvalue weighted by Gasteiger charge is 2.11. The highest BCUT2D eigenvalue weighted by atomic mass is 79.9. The van der Waals surface area contributed by atoms with E-state index >= 15 is 0 Å². The lowest BCUT2D eigenvalue weighted by molar-refractivity contribution is 0.721. The maximum absolute atomic E-state index is 5.72. The zero-order chi connectivity index (χ0) is 11.3. The smallest absolute Gasteiger partial charge is 0.148 e. The fourth-order valence-corrected chi connectivity index (χ4v) is 1.81. The van der Waals surface area contributed by atoms with Crippen LogP contribution in [0.2, 0.25) is 0 Å². The molecule has 0 aromatic carbocycles. The topological polar surface area (TPSA) is 55.0 Å². The van der Waals surface area contributed by atoms with Crippen molar-refractivity contribution in [3.05, 3.63) is 10.8 Å². The van der Waals surface area contributed by atoms with E-state index in [4.69, 9.17) is 5.73 Å². The van der Waals surface area contributed by atoms with Crippen molar-refractivity contribution in [1.82, 2.24) is 9.97 Å². The first-order valence-corrected chi connectivity index (χ1v) is 6.00. The molecule has 0 saturated heterocycles. The third-order valence-electron chi connectivity index (χ3n) is 2.26. The second-order valence-electron chi connectivity index (χ2n) is 3.33. The number of anilines is 2. The Balaban J connectivity index is 2.86. The Hall–Kier alpha value is -0.840. The van der Waals surface area contributed by atoms with Crippen molar-refractivity contribution in [3.8, 4) is 0 Å². The van der Waals surface area contributed by atoms with Crippen molar-refractivity contribution < 1.29 is 0 Å². The van der Waals surface area contributed by atoms with Gasteiger partial charge in [-0.2, -0.15) is 0 Å². The number of nitrogens with zero attached hydrogens (tertiary/aromatic N) is 3. The summed E-state index contributed by atoms with van der Waals surface area (Å²) in [5.41, 5.74) is 5.72. The number of unbranched alkanes of at least 4 members (excludes halogenated alkanes) is 1. The fraction of sp³-hybridized carbons (Fsp3) is 0.600. The van der Waals surface area contributed by atoms with Crippen LogP contribution >= 0.6 is 15.9 Å². The summed E-state index contributed by atoms with van der Waals surface area (Å²) in [7, 11) is 0. The van der Waals surface area contributed by atoms with Gasteiger partial charge in [0.05, 0.1) is 0 Å². The molecule has 0 amide bonds. The zero-order valence-electron chi connectivity index (χ0n) is 9.20. The lowest BCUT2D eigenvalue weighted by Gasteiger charge is -2.22. The molecule has 0 atom stereocenters. The van der Waals surface area contributed by atoms with Crippen LogP contribution in [0.25, 0.3) is 0 Å². The molecule has 0 aliphatic carbocycles. The Morgan fingerprint density at radius 1 is 1.40 bits per heavy atom. The fourth-order valence-electron chi connectivity index (χ4n) is 1.36. The van der Waals surface area contributed by atoms with Crippen molar-refractivity contribution in [2.45, 2.75) is 26.7 Å². The highest BCUT2D eigenvalue weighted by molar-refractivity contribution is 9.10. The molecule has 0 aliphatic rings. The standard InChI is InChI=1S/C10H17BrN4/c1-3-5-6-15(4-2)10-8(11)9(12)13-7-14-10/h7H,3-6H2,1-2H3,(H2,12,13,14). The summed E-state index contributed by atoms with van der Waals surface area (Å²) >= 11 is 3.42. The molecule has 0 spiro atoms. The van der Waals surface area contributed by atoms with Crippen LogP contribution < -0.4 is 10.6 Å². The van der Waals surface area contributed by atoms with E-state index in [1.807, 2.05) is 0 Å². The molecule has 0 aliphatic heterocycles. The predicted octanol–water partition coefficient (Wildman–Crippen LogP) is 2.45. The van der Waals surface area contributed by atoms with Crippen molar-refractivity contribution in [2.24, 2.45) is 0 Å². The van der Waals surface area contributed by atoms with Crippen LogP contribution in [0.1, 0.15) is 26.7 Å². The number of halogens is 1. The summed E-state index contributed by atoms with van der Waals surface area (Å²) < 4.78 is 0.794. The van der Waals surface area contributed by atoms with Crippen LogP contribution in [0.3, 0.4) is 0 Å². The molecule has 5 heteroatoms.